The van der Waals surface area contributed by atoms with Gasteiger partial charge in [-0.2, -0.15) is 4.98 Å². The number of carbonyl (C=O) groups is 1. The molecule has 0 bridgehead atoms. The third-order valence-electron chi connectivity index (χ3n) is 3.62. The van der Waals surface area contributed by atoms with Gasteiger partial charge in [0, 0.05) is 4.47 Å². The van der Waals surface area contributed by atoms with Crippen LogP contribution in [-0.4, -0.2) is 29.8 Å². The molecular formula is C19H17BrN2O5. The van der Waals surface area contributed by atoms with E-state index in [-0.39, 0.29) is 12.5 Å². The highest BCUT2D eigenvalue weighted by Gasteiger charge is 2.17. The van der Waals surface area contributed by atoms with Crippen molar-refractivity contribution >= 4 is 21.9 Å². The van der Waals surface area contributed by atoms with Crippen molar-refractivity contribution in [2.75, 3.05) is 13.7 Å². The van der Waals surface area contributed by atoms with E-state index in [2.05, 4.69) is 26.1 Å². The van der Waals surface area contributed by atoms with Gasteiger partial charge in [-0.15, -0.1) is 0 Å². The highest BCUT2D eigenvalue weighted by molar-refractivity contribution is 9.10. The Morgan fingerprint density at radius 2 is 2.04 bits per heavy atom. The zero-order valence-electron chi connectivity index (χ0n) is 14.8. The SMILES string of the molecule is CCOc1ccccc1-c1noc(COC(=O)c2cc(OC)ccc2Br)n1. The number of methoxy groups -OCH3 is 1. The van der Waals surface area contributed by atoms with E-state index in [4.69, 9.17) is 18.7 Å². The van der Waals surface area contributed by atoms with Crippen LogP contribution in [0.25, 0.3) is 11.4 Å². The van der Waals surface area contributed by atoms with Crippen molar-refractivity contribution in [1.29, 1.82) is 0 Å². The van der Waals surface area contributed by atoms with E-state index in [1.54, 1.807) is 18.2 Å². The Morgan fingerprint density at radius 1 is 1.22 bits per heavy atom. The average molecular weight is 433 g/mol. The summed E-state index contributed by atoms with van der Waals surface area (Å²) in [7, 11) is 1.53. The molecule has 0 radical (unpaired) electrons. The highest BCUT2D eigenvalue weighted by atomic mass is 79.9. The Labute approximate surface area is 164 Å². The molecule has 0 aliphatic heterocycles. The predicted octanol–water partition coefficient (Wildman–Crippen LogP) is 4.26. The Kier molecular flexibility index (Phi) is 6.08. The van der Waals surface area contributed by atoms with Crippen molar-refractivity contribution in [3.05, 3.63) is 58.4 Å². The molecule has 0 N–H and O–H groups in total. The molecule has 1 aromatic heterocycles. The second kappa shape index (κ2) is 8.68. The molecule has 8 heteroatoms. The summed E-state index contributed by atoms with van der Waals surface area (Å²) in [6.07, 6.45) is 0. The highest BCUT2D eigenvalue weighted by Crippen LogP contribution is 2.28. The van der Waals surface area contributed by atoms with Crippen molar-refractivity contribution in [1.82, 2.24) is 10.1 Å². The summed E-state index contributed by atoms with van der Waals surface area (Å²) in [5.74, 6) is 1.23. The number of hydrogen-bond donors (Lipinski definition) is 0. The second-order valence-electron chi connectivity index (χ2n) is 5.36. The lowest BCUT2D eigenvalue weighted by atomic mass is 10.2. The summed E-state index contributed by atoms with van der Waals surface area (Å²) in [6.45, 7) is 2.27. The monoisotopic (exact) mass is 432 g/mol. The molecule has 0 aliphatic carbocycles. The minimum Gasteiger partial charge on any atom is -0.497 e. The lowest BCUT2D eigenvalue weighted by Crippen LogP contribution is -2.06. The molecule has 27 heavy (non-hydrogen) atoms. The molecule has 0 atom stereocenters. The molecule has 2 aromatic carbocycles. The first kappa shape index (κ1) is 18.9. The van der Waals surface area contributed by atoms with Crippen LogP contribution in [0.15, 0.2) is 51.5 Å². The molecule has 0 saturated carbocycles. The number of aromatic nitrogens is 2. The number of para-hydroxylation sites is 1. The summed E-state index contributed by atoms with van der Waals surface area (Å²) >= 11 is 3.32. The van der Waals surface area contributed by atoms with Crippen LogP contribution in [0.3, 0.4) is 0 Å². The van der Waals surface area contributed by atoms with Gasteiger partial charge in [-0.05, 0) is 53.2 Å². The number of halogens is 1. The summed E-state index contributed by atoms with van der Waals surface area (Å²) in [5.41, 5.74) is 1.05. The number of ether oxygens (including phenoxy) is 3. The zero-order valence-corrected chi connectivity index (χ0v) is 16.4. The number of hydrogen-bond acceptors (Lipinski definition) is 7. The van der Waals surface area contributed by atoms with E-state index in [0.29, 0.717) is 39.5 Å². The third-order valence-corrected chi connectivity index (χ3v) is 4.31. The normalized spacial score (nSPS) is 10.5. The maximum atomic E-state index is 12.3. The van der Waals surface area contributed by atoms with Crippen LogP contribution >= 0.6 is 15.9 Å². The molecule has 0 spiro atoms. The first-order chi connectivity index (χ1) is 13.1. The van der Waals surface area contributed by atoms with Crippen LogP contribution < -0.4 is 9.47 Å². The first-order valence-electron chi connectivity index (χ1n) is 8.17. The van der Waals surface area contributed by atoms with Crippen molar-refractivity contribution in [2.24, 2.45) is 0 Å². The van der Waals surface area contributed by atoms with Crippen LogP contribution in [0.1, 0.15) is 23.2 Å². The van der Waals surface area contributed by atoms with Crippen molar-refractivity contribution in [2.45, 2.75) is 13.5 Å². The fourth-order valence-electron chi connectivity index (χ4n) is 2.35. The molecule has 3 rings (SSSR count). The van der Waals surface area contributed by atoms with Gasteiger partial charge in [-0.1, -0.05) is 17.3 Å². The van der Waals surface area contributed by atoms with Crippen molar-refractivity contribution < 1.29 is 23.5 Å². The van der Waals surface area contributed by atoms with Gasteiger partial charge in [0.1, 0.15) is 11.5 Å². The minimum absolute atomic E-state index is 0.147. The van der Waals surface area contributed by atoms with Gasteiger partial charge < -0.3 is 18.7 Å². The quantitative estimate of drug-likeness (QED) is 0.515. The van der Waals surface area contributed by atoms with Gasteiger partial charge in [0.15, 0.2) is 6.61 Å². The molecule has 0 fully saturated rings. The summed E-state index contributed by atoms with van der Waals surface area (Å²) < 4.78 is 21.7. The van der Waals surface area contributed by atoms with Crippen molar-refractivity contribution in [3.8, 4) is 22.9 Å². The Morgan fingerprint density at radius 3 is 2.81 bits per heavy atom. The maximum absolute atomic E-state index is 12.3. The lowest BCUT2D eigenvalue weighted by Gasteiger charge is -2.07. The van der Waals surface area contributed by atoms with E-state index < -0.39 is 5.97 Å². The molecule has 0 aliphatic rings. The summed E-state index contributed by atoms with van der Waals surface area (Å²) in [4.78, 5) is 16.6. The van der Waals surface area contributed by atoms with Crippen LogP contribution in [-0.2, 0) is 11.3 Å². The van der Waals surface area contributed by atoms with Gasteiger partial charge in [0.25, 0.3) is 5.89 Å². The molecule has 140 valence electrons. The van der Waals surface area contributed by atoms with Gasteiger partial charge in [-0.3, -0.25) is 0 Å². The molecule has 3 aromatic rings. The third kappa shape index (κ3) is 4.46. The van der Waals surface area contributed by atoms with Gasteiger partial charge in [-0.25, -0.2) is 4.79 Å². The number of carbonyl (C=O) groups excluding carboxylic acids is 1. The fourth-order valence-corrected chi connectivity index (χ4v) is 2.76. The molecule has 7 nitrogen and oxygen atoms in total. The second-order valence-corrected chi connectivity index (χ2v) is 6.22. The predicted molar refractivity (Wildman–Crippen MR) is 101 cm³/mol. The maximum Gasteiger partial charge on any atom is 0.339 e. The first-order valence-corrected chi connectivity index (χ1v) is 8.97. The fraction of sp³-hybridized carbons (Fsp3) is 0.211. The molecule has 1 heterocycles. The Hall–Kier alpha value is -2.87. The number of esters is 1. The Bertz CT molecular complexity index is 941. The molecule has 0 unspecified atom stereocenters. The van der Waals surface area contributed by atoms with Crippen LogP contribution in [0.2, 0.25) is 0 Å². The van der Waals surface area contributed by atoms with Gasteiger partial charge in [0.2, 0.25) is 5.82 Å². The Balaban J connectivity index is 1.71. The van der Waals surface area contributed by atoms with E-state index in [9.17, 15) is 4.79 Å². The van der Waals surface area contributed by atoms with Gasteiger partial charge in [0.05, 0.1) is 24.8 Å². The smallest absolute Gasteiger partial charge is 0.339 e. The standard InChI is InChI=1S/C19H17BrN2O5/c1-3-25-16-7-5-4-6-13(16)18-21-17(27-22-18)11-26-19(23)14-10-12(24-2)8-9-15(14)20/h4-10H,3,11H2,1-2H3. The summed E-state index contributed by atoms with van der Waals surface area (Å²) in [6, 6.07) is 12.4. The van der Waals surface area contributed by atoms with E-state index in [1.165, 1.54) is 7.11 Å². The van der Waals surface area contributed by atoms with Crippen LogP contribution in [0.5, 0.6) is 11.5 Å². The number of rotatable bonds is 7. The number of nitrogens with zero attached hydrogens (tertiary/aromatic N) is 2. The van der Waals surface area contributed by atoms with Crippen LogP contribution in [0, 0.1) is 0 Å². The molecular weight excluding hydrogens is 416 g/mol. The minimum atomic E-state index is -0.532. The van der Waals surface area contributed by atoms with E-state index in [1.807, 2.05) is 31.2 Å². The average Bonchev–Trinajstić information content (AvgIpc) is 3.16. The van der Waals surface area contributed by atoms with Gasteiger partial charge >= 0.3 is 5.97 Å². The topological polar surface area (TPSA) is 83.7 Å². The molecule has 0 saturated heterocycles. The zero-order chi connectivity index (χ0) is 19.2. The lowest BCUT2D eigenvalue weighted by molar-refractivity contribution is 0.0428. The molecule has 0 amide bonds. The van der Waals surface area contributed by atoms with Crippen molar-refractivity contribution in [3.63, 3.8) is 0 Å². The summed E-state index contributed by atoms with van der Waals surface area (Å²) in [5, 5.41) is 3.94. The largest absolute Gasteiger partial charge is 0.497 e. The van der Waals surface area contributed by atoms with E-state index >= 15 is 0 Å². The van der Waals surface area contributed by atoms with Crippen LogP contribution in [0.4, 0.5) is 0 Å². The van der Waals surface area contributed by atoms with E-state index in [0.717, 1.165) is 0 Å². The number of benzene rings is 2.